The number of aromatic nitrogens is 2. The van der Waals surface area contributed by atoms with E-state index in [9.17, 15) is 9.59 Å². The van der Waals surface area contributed by atoms with Gasteiger partial charge in [-0.3, -0.25) is 9.48 Å². The Morgan fingerprint density at radius 2 is 1.97 bits per heavy atom. The lowest BCUT2D eigenvalue weighted by atomic mass is 9.76. The standard InChI is InChI=1S/C25H33N3O4/c1-3-20-22-21(16-25(17-26-23(22)29)10-14-31-15-11-25)28(27-20)12-4-5-13-32-24(30)19-8-6-18(2)7-9-19/h6-9H,3-5,10-17H2,1-2H3,(H,26,29). The molecule has 2 aliphatic rings. The molecule has 1 amide bonds. The van der Waals surface area contributed by atoms with Gasteiger partial charge in [-0.1, -0.05) is 24.6 Å². The molecule has 172 valence electrons. The number of fused-ring (bicyclic) bond motifs is 1. The van der Waals surface area contributed by atoms with Crippen LogP contribution in [0.3, 0.4) is 0 Å². The number of benzene rings is 1. The van der Waals surface area contributed by atoms with Gasteiger partial charge in [0.15, 0.2) is 0 Å². The fraction of sp³-hybridized carbons (Fsp3) is 0.560. The second kappa shape index (κ2) is 9.86. The van der Waals surface area contributed by atoms with Crippen LogP contribution in [-0.4, -0.2) is 48.0 Å². The predicted molar refractivity (Wildman–Crippen MR) is 121 cm³/mol. The van der Waals surface area contributed by atoms with E-state index >= 15 is 0 Å². The van der Waals surface area contributed by atoms with Crippen molar-refractivity contribution in [1.29, 1.82) is 0 Å². The molecule has 0 saturated carbocycles. The highest BCUT2D eigenvalue weighted by Gasteiger charge is 2.39. The van der Waals surface area contributed by atoms with Crippen LogP contribution in [-0.2, 0) is 28.9 Å². The monoisotopic (exact) mass is 439 g/mol. The Hall–Kier alpha value is -2.67. The van der Waals surface area contributed by atoms with Gasteiger partial charge in [-0.2, -0.15) is 5.10 Å². The van der Waals surface area contributed by atoms with Crippen LogP contribution >= 0.6 is 0 Å². The van der Waals surface area contributed by atoms with Crippen LogP contribution in [0.25, 0.3) is 0 Å². The van der Waals surface area contributed by atoms with Crippen molar-refractivity contribution in [2.45, 2.75) is 58.9 Å². The number of hydrogen-bond donors (Lipinski definition) is 1. The highest BCUT2D eigenvalue weighted by Crippen LogP contribution is 2.37. The van der Waals surface area contributed by atoms with Crippen molar-refractivity contribution in [1.82, 2.24) is 15.1 Å². The first-order valence-electron chi connectivity index (χ1n) is 11.7. The number of aryl methyl sites for hydroxylation is 3. The lowest BCUT2D eigenvalue weighted by molar-refractivity contribution is 0.0152. The topological polar surface area (TPSA) is 82.5 Å². The molecule has 3 heterocycles. The van der Waals surface area contributed by atoms with Gasteiger partial charge in [0.1, 0.15) is 0 Å². The number of hydrogen-bond acceptors (Lipinski definition) is 5. The molecule has 1 aromatic heterocycles. The van der Waals surface area contributed by atoms with E-state index in [4.69, 9.17) is 14.6 Å². The van der Waals surface area contributed by atoms with Gasteiger partial charge in [0, 0.05) is 26.3 Å². The minimum absolute atomic E-state index is 0.00139. The van der Waals surface area contributed by atoms with Crippen LogP contribution in [0.4, 0.5) is 0 Å². The van der Waals surface area contributed by atoms with Crippen molar-refractivity contribution in [3.8, 4) is 0 Å². The number of amides is 1. The largest absolute Gasteiger partial charge is 0.462 e. The number of carbonyl (C=O) groups is 2. The van der Waals surface area contributed by atoms with Gasteiger partial charge in [-0.25, -0.2) is 4.79 Å². The summed E-state index contributed by atoms with van der Waals surface area (Å²) in [5.74, 6) is -0.289. The molecule has 4 rings (SSSR count). The molecule has 2 aliphatic heterocycles. The summed E-state index contributed by atoms with van der Waals surface area (Å²) in [5, 5.41) is 7.94. The third-order valence-corrected chi connectivity index (χ3v) is 6.70. The Labute approximate surface area is 189 Å². The molecule has 0 bridgehead atoms. The second-order valence-corrected chi connectivity index (χ2v) is 9.03. The lowest BCUT2D eigenvalue weighted by Gasteiger charge is -2.36. The molecule has 7 nitrogen and oxygen atoms in total. The molecule has 32 heavy (non-hydrogen) atoms. The first kappa shape index (κ1) is 22.5. The highest BCUT2D eigenvalue weighted by molar-refractivity contribution is 5.97. The number of nitrogens with zero attached hydrogens (tertiary/aromatic N) is 2. The zero-order valence-corrected chi connectivity index (χ0v) is 19.1. The molecule has 2 aromatic rings. The average Bonchev–Trinajstić information content (AvgIpc) is 3.08. The summed E-state index contributed by atoms with van der Waals surface area (Å²) in [7, 11) is 0. The fourth-order valence-corrected chi connectivity index (χ4v) is 4.66. The van der Waals surface area contributed by atoms with E-state index < -0.39 is 0 Å². The van der Waals surface area contributed by atoms with Crippen molar-refractivity contribution < 1.29 is 19.1 Å². The molecule has 0 aliphatic carbocycles. The van der Waals surface area contributed by atoms with Gasteiger partial charge in [-0.15, -0.1) is 0 Å². The number of carbonyl (C=O) groups excluding carboxylic acids is 2. The van der Waals surface area contributed by atoms with Crippen molar-refractivity contribution in [3.63, 3.8) is 0 Å². The van der Waals surface area contributed by atoms with Gasteiger partial charge >= 0.3 is 5.97 Å². The summed E-state index contributed by atoms with van der Waals surface area (Å²) in [6.45, 7) is 7.30. The molecule has 1 spiro atoms. The van der Waals surface area contributed by atoms with Gasteiger partial charge in [-0.05, 0) is 63.0 Å². The summed E-state index contributed by atoms with van der Waals surface area (Å²) < 4.78 is 13.0. The molecule has 7 heteroatoms. The van der Waals surface area contributed by atoms with Gasteiger partial charge in [0.2, 0.25) is 0 Å². The Morgan fingerprint density at radius 1 is 1.22 bits per heavy atom. The quantitative estimate of drug-likeness (QED) is 0.528. The predicted octanol–water partition coefficient (Wildman–Crippen LogP) is 3.47. The van der Waals surface area contributed by atoms with Crippen LogP contribution < -0.4 is 5.32 Å². The van der Waals surface area contributed by atoms with E-state index in [0.29, 0.717) is 25.3 Å². The zero-order chi connectivity index (χ0) is 22.6. The first-order valence-corrected chi connectivity index (χ1v) is 11.7. The van der Waals surface area contributed by atoms with E-state index in [1.54, 1.807) is 12.1 Å². The van der Waals surface area contributed by atoms with Crippen molar-refractivity contribution >= 4 is 11.9 Å². The summed E-state index contributed by atoms with van der Waals surface area (Å²) in [6.07, 6.45) is 5.06. The summed E-state index contributed by atoms with van der Waals surface area (Å²) in [6, 6.07) is 7.40. The SMILES string of the molecule is CCc1nn(CCCCOC(=O)c2ccc(C)cc2)c2c1C(=O)NCC1(CCOCC1)C2. The van der Waals surface area contributed by atoms with E-state index in [2.05, 4.69) is 5.32 Å². The van der Waals surface area contributed by atoms with Crippen molar-refractivity contribution in [2.24, 2.45) is 5.41 Å². The van der Waals surface area contributed by atoms with Gasteiger partial charge in [0.25, 0.3) is 5.91 Å². The van der Waals surface area contributed by atoms with E-state index in [0.717, 1.165) is 74.3 Å². The third kappa shape index (κ3) is 4.88. The molecule has 1 aromatic carbocycles. The van der Waals surface area contributed by atoms with E-state index in [-0.39, 0.29) is 17.3 Å². The first-order chi connectivity index (χ1) is 15.5. The molecule has 0 atom stereocenters. The van der Waals surface area contributed by atoms with Crippen molar-refractivity contribution in [3.05, 3.63) is 52.3 Å². The maximum Gasteiger partial charge on any atom is 0.338 e. The Morgan fingerprint density at radius 3 is 2.69 bits per heavy atom. The molecule has 1 fully saturated rings. The maximum absolute atomic E-state index is 12.9. The Bertz CT molecular complexity index is 958. The number of esters is 1. The van der Waals surface area contributed by atoms with Crippen LogP contribution in [0.2, 0.25) is 0 Å². The highest BCUT2D eigenvalue weighted by atomic mass is 16.5. The number of unbranched alkanes of at least 4 members (excludes halogenated alkanes) is 1. The lowest BCUT2D eigenvalue weighted by Crippen LogP contribution is -2.40. The number of ether oxygens (including phenoxy) is 2. The average molecular weight is 440 g/mol. The fourth-order valence-electron chi connectivity index (χ4n) is 4.66. The molecular weight excluding hydrogens is 406 g/mol. The molecule has 1 N–H and O–H groups in total. The summed E-state index contributed by atoms with van der Waals surface area (Å²) in [5.41, 5.74) is 4.42. The third-order valence-electron chi connectivity index (χ3n) is 6.70. The molecule has 0 unspecified atom stereocenters. The normalized spacial score (nSPS) is 17.5. The smallest absolute Gasteiger partial charge is 0.338 e. The van der Waals surface area contributed by atoms with Crippen LogP contribution in [0, 0.1) is 12.3 Å². The van der Waals surface area contributed by atoms with Crippen LogP contribution in [0.15, 0.2) is 24.3 Å². The zero-order valence-electron chi connectivity index (χ0n) is 19.1. The minimum atomic E-state index is -0.288. The van der Waals surface area contributed by atoms with Crippen molar-refractivity contribution in [2.75, 3.05) is 26.4 Å². The van der Waals surface area contributed by atoms with E-state index in [1.807, 2.05) is 30.7 Å². The van der Waals surface area contributed by atoms with Gasteiger partial charge in [0.05, 0.1) is 29.1 Å². The Kier molecular flexibility index (Phi) is 6.94. The number of nitrogens with one attached hydrogen (secondary N) is 1. The summed E-state index contributed by atoms with van der Waals surface area (Å²) in [4.78, 5) is 25.1. The Balaban J connectivity index is 1.38. The number of rotatable bonds is 7. The van der Waals surface area contributed by atoms with E-state index in [1.165, 1.54) is 0 Å². The van der Waals surface area contributed by atoms with Gasteiger partial charge < -0.3 is 14.8 Å². The molecular formula is C25H33N3O4. The maximum atomic E-state index is 12.9. The summed E-state index contributed by atoms with van der Waals surface area (Å²) >= 11 is 0. The minimum Gasteiger partial charge on any atom is -0.462 e. The van der Waals surface area contributed by atoms with Crippen LogP contribution in [0.5, 0.6) is 0 Å². The molecule has 1 saturated heterocycles. The van der Waals surface area contributed by atoms with Crippen LogP contribution in [0.1, 0.15) is 70.3 Å². The molecule has 0 radical (unpaired) electrons. The second-order valence-electron chi connectivity index (χ2n) is 9.03.